The van der Waals surface area contributed by atoms with Gasteiger partial charge in [0.05, 0.1) is 5.60 Å². The number of carbonyl (C=O) groups is 2. The second kappa shape index (κ2) is 6.57. The van der Waals surface area contributed by atoms with Crippen molar-refractivity contribution in [1.29, 1.82) is 0 Å². The molecule has 0 saturated carbocycles. The Labute approximate surface area is 152 Å². The minimum atomic E-state index is -0.793. The van der Waals surface area contributed by atoms with Gasteiger partial charge in [0.25, 0.3) is 5.91 Å². The van der Waals surface area contributed by atoms with E-state index in [1.54, 1.807) is 17.9 Å². The van der Waals surface area contributed by atoms with E-state index in [1.165, 1.54) is 0 Å². The van der Waals surface area contributed by atoms with Crippen LogP contribution in [0.3, 0.4) is 0 Å². The number of fused-ring (bicyclic) bond motifs is 1. The Morgan fingerprint density at radius 3 is 2.42 bits per heavy atom. The molecule has 1 aromatic heterocycles. The maximum absolute atomic E-state index is 12.7. The highest BCUT2D eigenvalue weighted by Crippen LogP contribution is 2.36. The lowest BCUT2D eigenvalue weighted by Crippen LogP contribution is -2.62. The van der Waals surface area contributed by atoms with Crippen LogP contribution in [0.25, 0.3) is 0 Å². The molecule has 0 radical (unpaired) electrons. The molecule has 3 amide bonds. The van der Waals surface area contributed by atoms with E-state index in [-0.39, 0.29) is 17.9 Å². The van der Waals surface area contributed by atoms with Gasteiger partial charge in [-0.05, 0) is 32.6 Å². The minimum absolute atomic E-state index is 0.0696. The zero-order chi connectivity index (χ0) is 18.3. The number of hydrogen-bond acceptors (Lipinski definition) is 5. The average molecular weight is 362 g/mol. The van der Waals surface area contributed by atoms with Gasteiger partial charge in [-0.2, -0.15) is 0 Å². The van der Waals surface area contributed by atoms with Gasteiger partial charge < -0.3 is 24.3 Å². The minimum Gasteiger partial charge on any atom is -0.389 e. The smallest absolute Gasteiger partial charge is 0.320 e. The van der Waals surface area contributed by atoms with Gasteiger partial charge in [-0.25, -0.2) is 4.79 Å². The number of aliphatic hydroxyl groups is 1. The summed E-state index contributed by atoms with van der Waals surface area (Å²) in [7, 11) is 0. The molecule has 0 spiro atoms. The molecule has 3 aliphatic rings. The van der Waals surface area contributed by atoms with Crippen LogP contribution >= 0.6 is 0 Å². The summed E-state index contributed by atoms with van der Waals surface area (Å²) in [6, 6.07) is 1.70. The van der Waals surface area contributed by atoms with Crippen molar-refractivity contribution in [2.24, 2.45) is 5.92 Å². The van der Waals surface area contributed by atoms with Crippen LogP contribution in [0, 0.1) is 12.8 Å². The lowest BCUT2D eigenvalue weighted by atomic mass is 9.75. The normalized spacial score (nSPS) is 29.0. The van der Waals surface area contributed by atoms with Crippen molar-refractivity contribution < 1.29 is 19.2 Å². The number of rotatable bonds is 1. The molecule has 2 atom stereocenters. The molecule has 3 aliphatic heterocycles. The summed E-state index contributed by atoms with van der Waals surface area (Å²) in [6.45, 7) is 5.40. The number of urea groups is 1. The number of hydrogen-bond donors (Lipinski definition) is 1. The third-order valence-corrected chi connectivity index (χ3v) is 6.05. The lowest BCUT2D eigenvalue weighted by Gasteiger charge is -2.50. The fourth-order valence-electron chi connectivity index (χ4n) is 4.40. The Balaban J connectivity index is 1.44. The van der Waals surface area contributed by atoms with Crippen LogP contribution in [0.5, 0.6) is 0 Å². The number of aromatic nitrogens is 1. The van der Waals surface area contributed by atoms with E-state index in [0.29, 0.717) is 50.5 Å². The van der Waals surface area contributed by atoms with Crippen LogP contribution in [0.15, 0.2) is 10.6 Å². The van der Waals surface area contributed by atoms with Crippen molar-refractivity contribution in [2.75, 3.05) is 39.3 Å². The van der Waals surface area contributed by atoms with Crippen molar-refractivity contribution in [1.82, 2.24) is 19.9 Å². The lowest BCUT2D eigenvalue weighted by molar-refractivity contribution is -0.101. The molecule has 3 saturated heterocycles. The Kier molecular flexibility index (Phi) is 4.38. The summed E-state index contributed by atoms with van der Waals surface area (Å²) >= 11 is 0. The molecule has 0 unspecified atom stereocenters. The van der Waals surface area contributed by atoms with Crippen molar-refractivity contribution in [3.8, 4) is 0 Å². The fourth-order valence-corrected chi connectivity index (χ4v) is 4.40. The number of piperidine rings is 2. The zero-order valence-electron chi connectivity index (χ0n) is 15.2. The summed E-state index contributed by atoms with van der Waals surface area (Å²) in [4.78, 5) is 30.8. The van der Waals surface area contributed by atoms with Gasteiger partial charge in [0.15, 0.2) is 5.69 Å². The molecule has 3 fully saturated rings. The molecule has 8 heteroatoms. The monoisotopic (exact) mass is 362 g/mol. The third kappa shape index (κ3) is 3.06. The molecule has 0 bridgehead atoms. The molecule has 142 valence electrons. The van der Waals surface area contributed by atoms with E-state index in [1.807, 2.05) is 9.80 Å². The van der Waals surface area contributed by atoms with Crippen LogP contribution in [-0.4, -0.2) is 81.8 Å². The molecule has 8 nitrogen and oxygen atoms in total. The molecule has 1 N–H and O–H groups in total. The maximum atomic E-state index is 12.7. The first-order valence-electron chi connectivity index (χ1n) is 9.45. The first-order valence-corrected chi connectivity index (χ1v) is 9.45. The van der Waals surface area contributed by atoms with E-state index < -0.39 is 5.60 Å². The molecular formula is C18H26N4O4. The van der Waals surface area contributed by atoms with Gasteiger partial charge in [-0.1, -0.05) is 5.16 Å². The van der Waals surface area contributed by atoms with Crippen molar-refractivity contribution >= 4 is 11.9 Å². The van der Waals surface area contributed by atoms with Crippen LogP contribution in [0.2, 0.25) is 0 Å². The molecular weight excluding hydrogens is 336 g/mol. The van der Waals surface area contributed by atoms with Crippen molar-refractivity contribution in [3.05, 3.63) is 17.5 Å². The second-order valence-electron chi connectivity index (χ2n) is 7.80. The predicted octanol–water partition coefficient (Wildman–Crippen LogP) is 1.10. The van der Waals surface area contributed by atoms with Gasteiger partial charge in [0, 0.05) is 51.3 Å². The second-order valence-corrected chi connectivity index (χ2v) is 7.80. The van der Waals surface area contributed by atoms with Crippen LogP contribution < -0.4 is 0 Å². The van der Waals surface area contributed by atoms with E-state index in [4.69, 9.17) is 4.52 Å². The quantitative estimate of drug-likeness (QED) is 0.808. The highest BCUT2D eigenvalue weighted by molar-refractivity contribution is 5.92. The molecule has 4 heterocycles. The summed E-state index contributed by atoms with van der Waals surface area (Å²) in [5.41, 5.74) is -0.494. The van der Waals surface area contributed by atoms with Gasteiger partial charge in [-0.15, -0.1) is 0 Å². The van der Waals surface area contributed by atoms with Crippen LogP contribution in [0.4, 0.5) is 4.79 Å². The number of nitrogens with zero attached hydrogens (tertiary/aromatic N) is 4. The third-order valence-electron chi connectivity index (χ3n) is 6.05. The Bertz CT molecular complexity index is 699. The molecule has 1 aromatic rings. The van der Waals surface area contributed by atoms with Crippen molar-refractivity contribution in [2.45, 2.75) is 38.2 Å². The van der Waals surface area contributed by atoms with E-state index >= 15 is 0 Å². The van der Waals surface area contributed by atoms with Gasteiger partial charge in [0.2, 0.25) is 0 Å². The number of carbonyl (C=O) groups excluding carboxylic acids is 2. The number of likely N-dealkylation sites (tertiary alicyclic amines) is 3. The largest absolute Gasteiger partial charge is 0.389 e. The summed E-state index contributed by atoms with van der Waals surface area (Å²) in [5.74, 6) is 0.294. The van der Waals surface area contributed by atoms with Crippen LogP contribution in [-0.2, 0) is 0 Å². The highest BCUT2D eigenvalue weighted by atomic mass is 16.5. The Morgan fingerprint density at radius 2 is 1.77 bits per heavy atom. The van der Waals surface area contributed by atoms with Gasteiger partial charge >= 0.3 is 6.03 Å². The average Bonchev–Trinajstić information content (AvgIpc) is 3.31. The Hall–Kier alpha value is -2.09. The standard InChI is InChI=1S/C18H26N4O4/c1-13-10-15(19-26-13)16(23)21-8-4-18(25)5-9-22(12-14(18)11-21)17(24)20-6-2-3-7-20/h10,14,25H,2-9,11-12H2,1H3/t14-,18-/m1/s1. The topological polar surface area (TPSA) is 90.1 Å². The predicted molar refractivity (Wildman–Crippen MR) is 92.6 cm³/mol. The first kappa shape index (κ1) is 17.3. The maximum Gasteiger partial charge on any atom is 0.320 e. The van der Waals surface area contributed by atoms with Crippen LogP contribution in [0.1, 0.15) is 41.9 Å². The van der Waals surface area contributed by atoms with Gasteiger partial charge in [0.1, 0.15) is 5.76 Å². The first-order chi connectivity index (χ1) is 12.5. The Morgan fingerprint density at radius 1 is 1.12 bits per heavy atom. The fraction of sp³-hybridized carbons (Fsp3) is 0.722. The summed E-state index contributed by atoms with van der Waals surface area (Å²) in [6.07, 6.45) is 3.23. The molecule has 0 aromatic carbocycles. The molecule has 4 rings (SSSR count). The van der Waals surface area contributed by atoms with E-state index in [0.717, 1.165) is 25.9 Å². The highest BCUT2D eigenvalue weighted by Gasteiger charge is 2.47. The SMILES string of the molecule is Cc1cc(C(=O)N2CC[C@@]3(O)CCN(C(=O)N4CCCC4)C[C@H]3C2)no1. The molecule has 26 heavy (non-hydrogen) atoms. The summed E-state index contributed by atoms with van der Waals surface area (Å²) < 4.78 is 5.00. The van der Waals surface area contributed by atoms with E-state index in [2.05, 4.69) is 5.16 Å². The molecule has 0 aliphatic carbocycles. The van der Waals surface area contributed by atoms with E-state index in [9.17, 15) is 14.7 Å². The number of amides is 3. The summed E-state index contributed by atoms with van der Waals surface area (Å²) in [5, 5.41) is 14.8. The zero-order valence-corrected chi connectivity index (χ0v) is 15.2. The van der Waals surface area contributed by atoms with Crippen molar-refractivity contribution in [3.63, 3.8) is 0 Å². The van der Waals surface area contributed by atoms with Gasteiger partial charge in [-0.3, -0.25) is 4.79 Å². The number of aryl methyl sites for hydroxylation is 1.